The molecule has 0 unspecified atom stereocenters. The molecule has 2 amide bonds. The molecule has 25 heavy (non-hydrogen) atoms. The van der Waals surface area contributed by atoms with Crippen LogP contribution in [0.4, 0.5) is 4.39 Å². The Labute approximate surface area is 146 Å². The van der Waals surface area contributed by atoms with Gasteiger partial charge in [0.15, 0.2) is 0 Å². The van der Waals surface area contributed by atoms with Crippen LogP contribution in [0.2, 0.25) is 0 Å². The normalized spacial score (nSPS) is 18.0. The number of carbonyl (C=O) groups is 2. The van der Waals surface area contributed by atoms with Crippen molar-refractivity contribution in [1.29, 1.82) is 0 Å². The molecule has 0 aliphatic carbocycles. The molecule has 0 spiro atoms. The third kappa shape index (κ3) is 3.68. The van der Waals surface area contributed by atoms with Gasteiger partial charge in [-0.25, -0.2) is 4.39 Å². The molecule has 1 saturated heterocycles. The molecule has 0 N–H and O–H groups in total. The van der Waals surface area contributed by atoms with Crippen LogP contribution in [0.1, 0.15) is 23.7 Å². The molecule has 1 aliphatic heterocycles. The van der Waals surface area contributed by atoms with Crippen molar-refractivity contribution in [3.63, 3.8) is 0 Å². The second kappa shape index (κ2) is 7.01. The molecule has 2 aromatic rings. The molecule has 1 aromatic heterocycles. The summed E-state index contributed by atoms with van der Waals surface area (Å²) < 4.78 is 13.3. The lowest BCUT2D eigenvalue weighted by Gasteiger charge is -2.38. The Balaban J connectivity index is 1.74. The van der Waals surface area contributed by atoms with Gasteiger partial charge < -0.3 is 9.80 Å². The van der Waals surface area contributed by atoms with Crippen molar-refractivity contribution in [3.8, 4) is 0 Å². The monoisotopic (exact) mass is 341 g/mol. The van der Waals surface area contributed by atoms with Crippen LogP contribution in [0.5, 0.6) is 0 Å². The Morgan fingerprint density at radius 3 is 2.72 bits per heavy atom. The van der Waals surface area contributed by atoms with Gasteiger partial charge in [-0.1, -0.05) is 18.2 Å². The molecule has 2 heterocycles. The highest BCUT2D eigenvalue weighted by Gasteiger charge is 2.36. The zero-order chi connectivity index (χ0) is 18.0. The minimum atomic E-state index is -0.573. The topological polar surface area (TPSA) is 53.5 Å². The zero-order valence-electron chi connectivity index (χ0n) is 14.3. The maximum atomic E-state index is 13.3. The van der Waals surface area contributed by atoms with E-state index in [0.717, 1.165) is 11.3 Å². The third-order valence-corrected chi connectivity index (χ3v) is 4.48. The van der Waals surface area contributed by atoms with E-state index in [0.29, 0.717) is 12.1 Å². The highest BCUT2D eigenvalue weighted by atomic mass is 19.1. The van der Waals surface area contributed by atoms with Crippen LogP contribution in [0, 0.1) is 12.7 Å². The minimum Gasteiger partial charge on any atom is -0.327 e. The fraction of sp³-hybridized carbons (Fsp3) is 0.316. The molecular formula is C19H20FN3O2. The van der Waals surface area contributed by atoms with Crippen molar-refractivity contribution < 1.29 is 14.0 Å². The van der Waals surface area contributed by atoms with Crippen LogP contribution in [0.3, 0.4) is 0 Å². The van der Waals surface area contributed by atoms with Crippen LogP contribution in [0.15, 0.2) is 42.6 Å². The predicted octanol–water partition coefficient (Wildman–Crippen LogP) is 2.29. The van der Waals surface area contributed by atoms with E-state index < -0.39 is 6.04 Å². The van der Waals surface area contributed by atoms with Crippen LogP contribution < -0.4 is 0 Å². The zero-order valence-corrected chi connectivity index (χ0v) is 14.3. The van der Waals surface area contributed by atoms with Crippen LogP contribution in [-0.4, -0.2) is 39.2 Å². The summed E-state index contributed by atoms with van der Waals surface area (Å²) in [7, 11) is 0. The van der Waals surface area contributed by atoms with E-state index >= 15 is 0 Å². The number of aromatic nitrogens is 1. The van der Waals surface area contributed by atoms with E-state index in [-0.39, 0.29) is 30.7 Å². The standard InChI is InChI=1S/C19H20FN3O2/c1-13-5-4-8-21-17(13)11-23-14(2)19(25)22(12-18(23)24)10-15-6-3-7-16(20)9-15/h3-9,14H,10-12H2,1-2H3/t14-/m0/s1. The lowest BCUT2D eigenvalue weighted by Crippen LogP contribution is -2.58. The second-order valence-electron chi connectivity index (χ2n) is 6.29. The number of amides is 2. The molecule has 1 aliphatic rings. The molecule has 6 heteroatoms. The number of nitrogens with zero attached hydrogens (tertiary/aromatic N) is 3. The van der Waals surface area contributed by atoms with Crippen molar-refractivity contribution >= 4 is 11.8 Å². The van der Waals surface area contributed by atoms with Crippen molar-refractivity contribution in [1.82, 2.24) is 14.8 Å². The first-order chi connectivity index (χ1) is 12.0. The first-order valence-corrected chi connectivity index (χ1v) is 8.19. The number of carbonyl (C=O) groups excluding carboxylic acids is 2. The number of pyridine rings is 1. The van der Waals surface area contributed by atoms with E-state index in [1.807, 2.05) is 19.1 Å². The molecule has 3 rings (SSSR count). The van der Waals surface area contributed by atoms with Gasteiger partial charge in [0.2, 0.25) is 11.8 Å². The van der Waals surface area contributed by atoms with Gasteiger partial charge in [-0.2, -0.15) is 0 Å². The number of halogens is 1. The quantitative estimate of drug-likeness (QED) is 0.857. The van der Waals surface area contributed by atoms with Gasteiger partial charge in [-0.15, -0.1) is 0 Å². The highest BCUT2D eigenvalue weighted by molar-refractivity contribution is 5.94. The average molecular weight is 341 g/mol. The Morgan fingerprint density at radius 2 is 2.00 bits per heavy atom. The fourth-order valence-corrected chi connectivity index (χ4v) is 3.01. The largest absolute Gasteiger partial charge is 0.327 e. The molecule has 1 fully saturated rings. The van der Waals surface area contributed by atoms with Crippen LogP contribution in [0.25, 0.3) is 0 Å². The molecule has 1 atom stereocenters. The summed E-state index contributed by atoms with van der Waals surface area (Å²) in [6.07, 6.45) is 1.68. The van der Waals surface area contributed by atoms with Gasteiger partial charge in [-0.3, -0.25) is 14.6 Å². The SMILES string of the molecule is Cc1cccnc1CN1C(=O)CN(Cc2cccc(F)c2)C(=O)[C@@H]1C. The van der Waals surface area contributed by atoms with Crippen molar-refractivity contribution in [2.45, 2.75) is 33.0 Å². The third-order valence-electron chi connectivity index (χ3n) is 4.48. The van der Waals surface area contributed by atoms with Gasteiger partial charge in [0, 0.05) is 12.7 Å². The van der Waals surface area contributed by atoms with Crippen molar-refractivity contribution in [2.24, 2.45) is 0 Å². The molecule has 0 radical (unpaired) electrons. The molecule has 5 nitrogen and oxygen atoms in total. The summed E-state index contributed by atoms with van der Waals surface area (Å²) in [6.45, 7) is 4.18. The van der Waals surface area contributed by atoms with E-state index in [1.165, 1.54) is 17.0 Å². The Hall–Kier alpha value is -2.76. The Kier molecular flexibility index (Phi) is 4.79. The number of piperazine rings is 1. The Bertz CT molecular complexity index is 809. The summed E-state index contributed by atoms with van der Waals surface area (Å²) in [6, 6.07) is 9.27. The smallest absolute Gasteiger partial charge is 0.245 e. The number of aryl methyl sites for hydroxylation is 1. The summed E-state index contributed by atoms with van der Waals surface area (Å²) in [5.41, 5.74) is 2.44. The lowest BCUT2D eigenvalue weighted by atomic mass is 10.1. The average Bonchev–Trinajstić information content (AvgIpc) is 2.58. The maximum absolute atomic E-state index is 13.3. The predicted molar refractivity (Wildman–Crippen MR) is 90.8 cm³/mol. The first kappa shape index (κ1) is 17.1. The van der Waals surface area contributed by atoms with Gasteiger partial charge in [-0.05, 0) is 43.2 Å². The van der Waals surface area contributed by atoms with Gasteiger partial charge >= 0.3 is 0 Å². The maximum Gasteiger partial charge on any atom is 0.245 e. The minimum absolute atomic E-state index is 0.00837. The van der Waals surface area contributed by atoms with Crippen LogP contribution >= 0.6 is 0 Å². The summed E-state index contributed by atoms with van der Waals surface area (Å²) >= 11 is 0. The van der Waals surface area contributed by atoms with Gasteiger partial charge in [0.1, 0.15) is 18.4 Å². The number of hydrogen-bond donors (Lipinski definition) is 0. The van der Waals surface area contributed by atoms with Crippen LogP contribution in [-0.2, 0) is 22.7 Å². The lowest BCUT2D eigenvalue weighted by molar-refractivity contribution is -0.156. The summed E-state index contributed by atoms with van der Waals surface area (Å²) in [5, 5.41) is 0. The number of hydrogen-bond acceptors (Lipinski definition) is 3. The molecule has 0 saturated carbocycles. The van der Waals surface area contributed by atoms with Gasteiger partial charge in [0.25, 0.3) is 0 Å². The summed E-state index contributed by atoms with van der Waals surface area (Å²) in [4.78, 5) is 32.6. The van der Waals surface area contributed by atoms with E-state index in [9.17, 15) is 14.0 Å². The fourth-order valence-electron chi connectivity index (χ4n) is 3.01. The molecule has 130 valence electrons. The first-order valence-electron chi connectivity index (χ1n) is 8.19. The number of rotatable bonds is 4. The van der Waals surface area contributed by atoms with E-state index in [1.54, 1.807) is 30.2 Å². The van der Waals surface area contributed by atoms with Gasteiger partial charge in [0.05, 0.1) is 12.2 Å². The van der Waals surface area contributed by atoms with E-state index in [4.69, 9.17) is 0 Å². The molecule has 1 aromatic carbocycles. The van der Waals surface area contributed by atoms with Crippen molar-refractivity contribution in [3.05, 3.63) is 65.2 Å². The second-order valence-corrected chi connectivity index (χ2v) is 6.29. The Morgan fingerprint density at radius 1 is 1.20 bits per heavy atom. The number of benzene rings is 1. The van der Waals surface area contributed by atoms with Crippen molar-refractivity contribution in [2.75, 3.05) is 6.54 Å². The summed E-state index contributed by atoms with van der Waals surface area (Å²) in [5.74, 6) is -0.625. The molecule has 0 bridgehead atoms. The highest BCUT2D eigenvalue weighted by Crippen LogP contribution is 2.19. The van der Waals surface area contributed by atoms with E-state index in [2.05, 4.69) is 4.98 Å². The molecular weight excluding hydrogens is 321 g/mol.